The van der Waals surface area contributed by atoms with Crippen molar-refractivity contribution >= 4 is 13.3 Å². The average molecular weight is 351 g/mol. The van der Waals surface area contributed by atoms with E-state index in [-0.39, 0.29) is 0 Å². The molecule has 1 aromatic rings. The second-order valence-corrected chi connectivity index (χ2v) is 13.5. The molecule has 0 radical (unpaired) electrons. The van der Waals surface area contributed by atoms with Gasteiger partial charge in [0.25, 0.3) is 0 Å². The number of hydrogen-bond donors (Lipinski definition) is 0. The summed E-state index contributed by atoms with van der Waals surface area (Å²) in [7, 11) is -1.52. The standard InChI is InChI=1S/C24H34Si/c1-3-4-18-25(2,19-12-6-5-7-13-19)24-22-16-10-8-14-20(22)21-15-9-11-17-23(21)24/h5-8,10,12-14,16,20-24H,3-4,9,11,15,17-18H2,1-2H3. The van der Waals surface area contributed by atoms with Crippen LogP contribution in [0.1, 0.15) is 45.4 Å². The van der Waals surface area contributed by atoms with Gasteiger partial charge in [0.05, 0.1) is 8.07 Å². The first-order valence-corrected chi connectivity index (χ1v) is 13.4. The third kappa shape index (κ3) is 2.99. The number of hydrogen-bond acceptors (Lipinski definition) is 0. The third-order valence-electron chi connectivity index (χ3n) is 7.69. The summed E-state index contributed by atoms with van der Waals surface area (Å²) >= 11 is 0. The van der Waals surface area contributed by atoms with Crippen LogP contribution in [0.15, 0.2) is 54.6 Å². The van der Waals surface area contributed by atoms with Crippen LogP contribution in [0, 0.1) is 23.7 Å². The summed E-state index contributed by atoms with van der Waals surface area (Å²) in [6.07, 6.45) is 18.5. The van der Waals surface area contributed by atoms with Gasteiger partial charge in [0.1, 0.15) is 0 Å². The summed E-state index contributed by atoms with van der Waals surface area (Å²) in [4.78, 5) is 0. The fourth-order valence-electron chi connectivity index (χ4n) is 6.59. The molecule has 3 aliphatic carbocycles. The van der Waals surface area contributed by atoms with Crippen LogP contribution in [-0.2, 0) is 0 Å². The van der Waals surface area contributed by atoms with Crippen molar-refractivity contribution in [2.45, 2.75) is 63.6 Å². The van der Waals surface area contributed by atoms with Crippen molar-refractivity contribution in [3.63, 3.8) is 0 Å². The van der Waals surface area contributed by atoms with E-state index < -0.39 is 8.07 Å². The second-order valence-electron chi connectivity index (χ2n) is 8.95. The van der Waals surface area contributed by atoms with Crippen molar-refractivity contribution in [3.05, 3.63) is 54.6 Å². The molecular weight excluding hydrogens is 316 g/mol. The normalized spacial score (nSPS) is 35.8. The SMILES string of the molecule is CCCC[Si](C)(c1ccccc1)C1C2C=CC=CC2C2CCCCC21. The lowest BCUT2D eigenvalue weighted by atomic mass is 9.77. The zero-order chi connectivity index (χ0) is 17.3. The van der Waals surface area contributed by atoms with E-state index in [1.165, 1.54) is 44.6 Å². The van der Waals surface area contributed by atoms with Gasteiger partial charge in [-0.15, -0.1) is 0 Å². The van der Waals surface area contributed by atoms with Crippen LogP contribution in [-0.4, -0.2) is 8.07 Å². The maximum Gasteiger partial charge on any atom is 0.0876 e. The van der Waals surface area contributed by atoms with Gasteiger partial charge in [-0.05, 0) is 35.6 Å². The van der Waals surface area contributed by atoms with E-state index in [2.05, 4.69) is 68.1 Å². The monoisotopic (exact) mass is 350 g/mol. The summed E-state index contributed by atoms with van der Waals surface area (Å²) < 4.78 is 0. The van der Waals surface area contributed by atoms with E-state index in [1.54, 1.807) is 5.19 Å². The lowest BCUT2D eigenvalue weighted by Gasteiger charge is -2.42. The molecule has 1 aromatic carbocycles. The number of unbranched alkanes of at least 4 members (excludes halogenated alkanes) is 1. The molecule has 4 rings (SSSR count). The summed E-state index contributed by atoms with van der Waals surface area (Å²) in [5.41, 5.74) is 0.943. The van der Waals surface area contributed by atoms with E-state index in [0.717, 1.165) is 29.2 Å². The molecular formula is C24H34Si. The van der Waals surface area contributed by atoms with Crippen LogP contribution in [0.25, 0.3) is 0 Å². The Morgan fingerprint density at radius 3 is 2.32 bits per heavy atom. The Labute approximate surface area is 155 Å². The van der Waals surface area contributed by atoms with Gasteiger partial charge < -0.3 is 0 Å². The molecule has 0 heterocycles. The van der Waals surface area contributed by atoms with E-state index in [9.17, 15) is 0 Å². The highest BCUT2D eigenvalue weighted by Crippen LogP contribution is 2.61. The molecule has 0 nitrogen and oxygen atoms in total. The van der Waals surface area contributed by atoms with E-state index in [4.69, 9.17) is 0 Å². The molecule has 3 aliphatic rings. The largest absolute Gasteiger partial charge is 0.0876 e. The van der Waals surface area contributed by atoms with Crippen molar-refractivity contribution in [3.8, 4) is 0 Å². The highest BCUT2D eigenvalue weighted by molar-refractivity contribution is 6.92. The highest BCUT2D eigenvalue weighted by Gasteiger charge is 2.56. The minimum atomic E-state index is -1.52. The number of benzene rings is 1. The van der Waals surface area contributed by atoms with Crippen LogP contribution >= 0.6 is 0 Å². The Morgan fingerprint density at radius 2 is 1.60 bits per heavy atom. The molecule has 25 heavy (non-hydrogen) atoms. The topological polar surface area (TPSA) is 0 Å². The Balaban J connectivity index is 1.76. The molecule has 0 amide bonds. The lowest BCUT2D eigenvalue weighted by molar-refractivity contribution is 0.247. The van der Waals surface area contributed by atoms with Crippen LogP contribution < -0.4 is 5.19 Å². The second kappa shape index (κ2) is 7.27. The van der Waals surface area contributed by atoms with Crippen LogP contribution in [0.4, 0.5) is 0 Å². The summed E-state index contributed by atoms with van der Waals surface area (Å²) in [5, 5.41) is 1.72. The summed E-state index contributed by atoms with van der Waals surface area (Å²) in [6, 6.07) is 13.2. The van der Waals surface area contributed by atoms with Crippen LogP contribution in [0.5, 0.6) is 0 Å². The maximum absolute atomic E-state index is 2.74. The molecule has 0 aromatic heterocycles. The molecule has 6 atom stereocenters. The van der Waals surface area contributed by atoms with E-state index in [1.807, 2.05) is 0 Å². The molecule has 2 saturated carbocycles. The molecule has 0 saturated heterocycles. The van der Waals surface area contributed by atoms with Gasteiger partial charge >= 0.3 is 0 Å². The molecule has 0 bridgehead atoms. The number of allylic oxidation sites excluding steroid dienone is 4. The van der Waals surface area contributed by atoms with Crippen molar-refractivity contribution in [1.29, 1.82) is 0 Å². The summed E-state index contributed by atoms with van der Waals surface area (Å²) in [5.74, 6) is 3.58. The lowest BCUT2D eigenvalue weighted by Crippen LogP contribution is -2.52. The van der Waals surface area contributed by atoms with Crippen molar-refractivity contribution in [1.82, 2.24) is 0 Å². The van der Waals surface area contributed by atoms with Gasteiger partial charge in [-0.2, -0.15) is 0 Å². The molecule has 0 aliphatic heterocycles. The molecule has 1 heteroatoms. The van der Waals surface area contributed by atoms with Gasteiger partial charge in [-0.25, -0.2) is 0 Å². The third-order valence-corrected chi connectivity index (χ3v) is 13.0. The molecule has 134 valence electrons. The molecule has 2 fully saturated rings. The Morgan fingerprint density at radius 1 is 0.920 bits per heavy atom. The first-order valence-electron chi connectivity index (χ1n) is 10.7. The van der Waals surface area contributed by atoms with Gasteiger partial charge in [0.15, 0.2) is 0 Å². The molecule has 0 N–H and O–H groups in total. The van der Waals surface area contributed by atoms with Gasteiger partial charge in [0.2, 0.25) is 0 Å². The molecule has 0 spiro atoms. The predicted molar refractivity (Wildman–Crippen MR) is 112 cm³/mol. The summed E-state index contributed by atoms with van der Waals surface area (Å²) in [6.45, 7) is 5.10. The van der Waals surface area contributed by atoms with Crippen molar-refractivity contribution in [2.24, 2.45) is 23.7 Å². The fourth-order valence-corrected chi connectivity index (χ4v) is 12.2. The number of fused-ring (bicyclic) bond motifs is 3. The minimum absolute atomic E-state index is 0.812. The average Bonchev–Trinajstić information content (AvgIpc) is 3.02. The van der Waals surface area contributed by atoms with Crippen molar-refractivity contribution < 1.29 is 0 Å². The smallest absolute Gasteiger partial charge is 0.0808 e. The Hall–Kier alpha value is -1.08. The molecule has 6 unspecified atom stereocenters. The fraction of sp³-hybridized carbons (Fsp3) is 0.583. The van der Waals surface area contributed by atoms with Gasteiger partial charge in [-0.3, -0.25) is 0 Å². The Kier molecular flexibility index (Phi) is 5.04. The van der Waals surface area contributed by atoms with Gasteiger partial charge in [0, 0.05) is 0 Å². The predicted octanol–water partition coefficient (Wildman–Crippen LogP) is 6.32. The quantitative estimate of drug-likeness (QED) is 0.545. The zero-order valence-corrected chi connectivity index (χ0v) is 17.0. The van der Waals surface area contributed by atoms with Crippen LogP contribution in [0.3, 0.4) is 0 Å². The van der Waals surface area contributed by atoms with E-state index >= 15 is 0 Å². The maximum atomic E-state index is 2.74. The first kappa shape index (κ1) is 17.3. The highest BCUT2D eigenvalue weighted by atomic mass is 28.3. The zero-order valence-electron chi connectivity index (χ0n) is 16.0. The van der Waals surface area contributed by atoms with E-state index in [0.29, 0.717) is 0 Å². The minimum Gasteiger partial charge on any atom is -0.0808 e. The Bertz CT molecular complexity index is 631. The number of rotatable bonds is 5. The van der Waals surface area contributed by atoms with Gasteiger partial charge in [-0.1, -0.05) is 111 Å². The van der Waals surface area contributed by atoms with Crippen molar-refractivity contribution in [2.75, 3.05) is 0 Å². The first-order chi connectivity index (χ1) is 12.3. The van der Waals surface area contributed by atoms with Crippen LogP contribution in [0.2, 0.25) is 18.1 Å².